The molecule has 2 heterocycles. The Kier molecular flexibility index (Phi) is 7.53. The maximum absolute atomic E-state index is 13.4. The van der Waals surface area contributed by atoms with Gasteiger partial charge < -0.3 is 24.1 Å². The van der Waals surface area contributed by atoms with Crippen LogP contribution in [0.25, 0.3) is 22.3 Å². The number of sulfonamides is 1. The van der Waals surface area contributed by atoms with Gasteiger partial charge in [0.05, 0.1) is 36.8 Å². The Labute approximate surface area is 210 Å². The van der Waals surface area contributed by atoms with Crippen LogP contribution < -0.4 is 19.8 Å². The van der Waals surface area contributed by atoms with E-state index in [0.717, 1.165) is 6.42 Å². The number of aromatic nitrogens is 2. The zero-order chi connectivity index (χ0) is 26.0. The fourth-order valence-corrected chi connectivity index (χ4v) is 5.71. The molecule has 0 spiro atoms. The van der Waals surface area contributed by atoms with Gasteiger partial charge in [0.2, 0.25) is 10.0 Å². The summed E-state index contributed by atoms with van der Waals surface area (Å²) in [5, 5.41) is 0.289. The lowest BCUT2D eigenvalue weighted by Gasteiger charge is -2.31. The number of aromatic amines is 1. The molecule has 1 N–H and O–H groups in total. The molecule has 10 nitrogen and oxygen atoms in total. The van der Waals surface area contributed by atoms with Crippen LogP contribution in [0.15, 0.2) is 34.0 Å². The number of nitrogens with one attached hydrogen (secondary N) is 1. The Morgan fingerprint density at radius 3 is 2.36 bits per heavy atom. The Morgan fingerprint density at radius 2 is 1.72 bits per heavy atom. The predicted octanol–water partition coefficient (Wildman–Crippen LogP) is 2.64. The number of likely N-dealkylation sites (N-methyl/N-ethyl adjacent to an activating group) is 1. The van der Waals surface area contributed by atoms with Crippen molar-refractivity contribution >= 4 is 20.9 Å². The summed E-state index contributed by atoms with van der Waals surface area (Å²) in [4.78, 5) is 22.9. The van der Waals surface area contributed by atoms with Crippen LogP contribution >= 0.6 is 0 Å². The van der Waals surface area contributed by atoms with Crippen molar-refractivity contribution in [1.82, 2.24) is 19.2 Å². The third kappa shape index (κ3) is 4.78. The van der Waals surface area contributed by atoms with Crippen LogP contribution in [0.2, 0.25) is 0 Å². The maximum Gasteiger partial charge on any atom is 0.262 e. The summed E-state index contributed by atoms with van der Waals surface area (Å²) in [5.74, 6) is 1.50. The number of fused-ring (bicyclic) bond motifs is 1. The van der Waals surface area contributed by atoms with E-state index in [-0.39, 0.29) is 16.1 Å². The van der Waals surface area contributed by atoms with Gasteiger partial charge in [-0.1, -0.05) is 6.92 Å². The van der Waals surface area contributed by atoms with E-state index in [9.17, 15) is 13.2 Å². The molecule has 3 aromatic rings. The van der Waals surface area contributed by atoms with Gasteiger partial charge in [0.15, 0.2) is 0 Å². The number of hydrogen-bond acceptors (Lipinski definition) is 8. The first-order chi connectivity index (χ1) is 17.2. The van der Waals surface area contributed by atoms with Gasteiger partial charge in [-0.15, -0.1) is 0 Å². The van der Waals surface area contributed by atoms with Crippen molar-refractivity contribution < 1.29 is 22.6 Å². The molecule has 4 rings (SSSR count). The Hall–Kier alpha value is -3.15. The number of piperazine rings is 1. The molecule has 0 bridgehead atoms. The van der Waals surface area contributed by atoms with Crippen LogP contribution in [0, 0.1) is 6.92 Å². The number of ether oxygens (including phenoxy) is 3. The molecule has 1 aliphatic rings. The minimum Gasteiger partial charge on any atom is -0.496 e. The van der Waals surface area contributed by atoms with E-state index >= 15 is 0 Å². The average molecular weight is 517 g/mol. The highest BCUT2D eigenvalue weighted by molar-refractivity contribution is 7.89. The second kappa shape index (κ2) is 10.5. The van der Waals surface area contributed by atoms with E-state index in [4.69, 9.17) is 19.2 Å². The van der Waals surface area contributed by atoms with E-state index in [1.54, 1.807) is 25.1 Å². The molecule has 1 aromatic heterocycles. The summed E-state index contributed by atoms with van der Waals surface area (Å²) in [6.07, 6.45) is 0.760. The molecule has 0 atom stereocenters. The van der Waals surface area contributed by atoms with Crippen LogP contribution in [-0.2, 0) is 10.0 Å². The number of H-pyrrole nitrogens is 1. The third-order valence-corrected chi connectivity index (χ3v) is 8.26. The SMILES string of the molecule is CCCOc1ccc(S(=O)(=O)N2CCN(C)CC2)cc1-c1nc2c(C)c(OC)cc(OC)c2c(=O)[nH]1. The molecule has 1 saturated heterocycles. The van der Waals surface area contributed by atoms with Crippen LogP contribution in [0.1, 0.15) is 18.9 Å². The van der Waals surface area contributed by atoms with Gasteiger partial charge in [0.25, 0.3) is 5.56 Å². The van der Waals surface area contributed by atoms with Crippen molar-refractivity contribution in [2.45, 2.75) is 25.2 Å². The second-order valence-electron chi connectivity index (χ2n) is 8.76. The van der Waals surface area contributed by atoms with Crippen molar-refractivity contribution in [2.75, 3.05) is 54.1 Å². The highest BCUT2D eigenvalue weighted by atomic mass is 32.2. The maximum atomic E-state index is 13.4. The molecular formula is C25H32N4O6S. The summed E-state index contributed by atoms with van der Waals surface area (Å²) in [7, 11) is 1.23. The summed E-state index contributed by atoms with van der Waals surface area (Å²) in [6, 6.07) is 6.33. The first-order valence-electron chi connectivity index (χ1n) is 11.8. The molecule has 1 fully saturated rings. The highest BCUT2D eigenvalue weighted by Gasteiger charge is 2.29. The second-order valence-corrected chi connectivity index (χ2v) is 10.7. The topological polar surface area (TPSA) is 114 Å². The Morgan fingerprint density at radius 1 is 1.03 bits per heavy atom. The van der Waals surface area contributed by atoms with Gasteiger partial charge in [-0.3, -0.25) is 4.79 Å². The number of benzene rings is 2. The standard InChI is InChI=1S/C25H32N4O6S/c1-6-13-35-19-8-7-17(36(31,32)29-11-9-28(3)10-12-29)14-18(19)24-26-23-16(2)20(33-4)15-21(34-5)22(23)25(30)27-24/h7-8,14-15H,6,9-13H2,1-5H3,(H,26,27,30). The molecule has 0 amide bonds. The van der Waals surface area contributed by atoms with Gasteiger partial charge in [0.1, 0.15) is 28.5 Å². The van der Waals surface area contributed by atoms with Crippen molar-refractivity contribution in [2.24, 2.45) is 0 Å². The van der Waals surface area contributed by atoms with Crippen LogP contribution in [0.4, 0.5) is 0 Å². The number of hydrogen-bond donors (Lipinski definition) is 1. The lowest BCUT2D eigenvalue weighted by atomic mass is 10.1. The molecule has 0 aliphatic carbocycles. The summed E-state index contributed by atoms with van der Waals surface area (Å²) < 4.78 is 45.1. The lowest BCUT2D eigenvalue weighted by Crippen LogP contribution is -2.47. The van der Waals surface area contributed by atoms with Gasteiger partial charge in [-0.2, -0.15) is 4.31 Å². The zero-order valence-corrected chi connectivity index (χ0v) is 22.1. The summed E-state index contributed by atoms with van der Waals surface area (Å²) in [6.45, 7) is 6.34. The smallest absolute Gasteiger partial charge is 0.262 e. The Balaban J connectivity index is 1.90. The minimum atomic E-state index is -3.74. The van der Waals surface area contributed by atoms with Gasteiger partial charge in [-0.25, -0.2) is 13.4 Å². The van der Waals surface area contributed by atoms with E-state index in [2.05, 4.69) is 9.88 Å². The highest BCUT2D eigenvalue weighted by Crippen LogP contribution is 2.36. The fraction of sp³-hybridized carbons (Fsp3) is 0.440. The first-order valence-corrected chi connectivity index (χ1v) is 13.3. The molecule has 0 saturated carbocycles. The normalized spacial score (nSPS) is 15.2. The first kappa shape index (κ1) is 25.9. The third-order valence-electron chi connectivity index (χ3n) is 6.36. The van der Waals surface area contributed by atoms with Crippen molar-refractivity contribution in [3.63, 3.8) is 0 Å². The van der Waals surface area contributed by atoms with Crippen LogP contribution in [0.3, 0.4) is 0 Å². The minimum absolute atomic E-state index is 0.119. The molecule has 0 unspecified atom stereocenters. The molecule has 2 aromatic carbocycles. The average Bonchev–Trinajstić information content (AvgIpc) is 2.88. The van der Waals surface area contributed by atoms with Gasteiger partial charge >= 0.3 is 0 Å². The van der Waals surface area contributed by atoms with Gasteiger partial charge in [-0.05, 0) is 38.6 Å². The molecule has 36 heavy (non-hydrogen) atoms. The zero-order valence-electron chi connectivity index (χ0n) is 21.3. The lowest BCUT2D eigenvalue weighted by molar-refractivity contribution is 0.222. The predicted molar refractivity (Wildman–Crippen MR) is 138 cm³/mol. The molecule has 194 valence electrons. The van der Waals surface area contributed by atoms with E-state index in [1.807, 2.05) is 14.0 Å². The number of aryl methyl sites for hydroxylation is 1. The molecule has 0 radical (unpaired) electrons. The summed E-state index contributed by atoms with van der Waals surface area (Å²) in [5.41, 5.74) is 1.04. The van der Waals surface area contributed by atoms with E-state index in [1.165, 1.54) is 24.6 Å². The molecular weight excluding hydrogens is 484 g/mol. The number of rotatable bonds is 8. The monoisotopic (exact) mass is 516 g/mol. The van der Waals surface area contributed by atoms with Gasteiger partial charge in [0, 0.05) is 37.8 Å². The molecule has 11 heteroatoms. The molecule has 1 aliphatic heterocycles. The number of nitrogens with zero attached hydrogens (tertiary/aromatic N) is 3. The largest absolute Gasteiger partial charge is 0.496 e. The van der Waals surface area contributed by atoms with E-state index < -0.39 is 15.6 Å². The van der Waals surface area contributed by atoms with Crippen LogP contribution in [-0.4, -0.2) is 81.6 Å². The Bertz CT molecular complexity index is 1430. The number of methoxy groups -OCH3 is 2. The van der Waals surface area contributed by atoms with Crippen molar-refractivity contribution in [3.8, 4) is 28.6 Å². The van der Waals surface area contributed by atoms with Crippen molar-refractivity contribution in [3.05, 3.63) is 40.2 Å². The summed E-state index contributed by atoms with van der Waals surface area (Å²) >= 11 is 0. The van der Waals surface area contributed by atoms with Crippen molar-refractivity contribution in [1.29, 1.82) is 0 Å². The van der Waals surface area contributed by atoms with Crippen LogP contribution in [0.5, 0.6) is 17.2 Å². The quantitative estimate of drug-likeness (QED) is 0.486. The van der Waals surface area contributed by atoms with E-state index in [0.29, 0.717) is 66.7 Å². The fourth-order valence-electron chi connectivity index (χ4n) is 4.26.